The van der Waals surface area contributed by atoms with Crippen LogP contribution in [-0.4, -0.2) is 54.9 Å². The largest absolute Gasteiger partial charge is 0.347 e. The number of likely N-dealkylation sites (tertiary alicyclic amines) is 1. The van der Waals surface area contributed by atoms with Gasteiger partial charge in [0.25, 0.3) is 0 Å². The van der Waals surface area contributed by atoms with E-state index in [4.69, 9.17) is 0 Å². The van der Waals surface area contributed by atoms with Crippen LogP contribution in [0.15, 0.2) is 29.3 Å². The van der Waals surface area contributed by atoms with Crippen molar-refractivity contribution in [3.63, 3.8) is 0 Å². The number of carbonyl (C=O) groups excluding carboxylic acids is 1. The molecule has 134 valence electrons. The molecule has 1 saturated heterocycles. The normalized spacial score (nSPS) is 21.9. The SMILES string of the molecule is CN=C(NCC(=O)N1CCc2ccccc2C1)N1CCC2(CCC2)C1. The molecule has 0 radical (unpaired) electrons. The van der Waals surface area contributed by atoms with E-state index in [1.54, 1.807) is 0 Å². The molecule has 5 nitrogen and oxygen atoms in total. The summed E-state index contributed by atoms with van der Waals surface area (Å²) in [6.45, 7) is 4.02. The van der Waals surface area contributed by atoms with Crippen molar-refractivity contribution in [2.24, 2.45) is 10.4 Å². The molecular formula is C20H28N4O. The lowest BCUT2D eigenvalue weighted by Gasteiger charge is -2.38. The third-order valence-electron chi connectivity index (χ3n) is 6.24. The van der Waals surface area contributed by atoms with Gasteiger partial charge in [0, 0.05) is 33.2 Å². The first-order valence-electron chi connectivity index (χ1n) is 9.49. The second kappa shape index (κ2) is 6.70. The molecule has 0 bridgehead atoms. The van der Waals surface area contributed by atoms with Crippen molar-refractivity contribution >= 4 is 11.9 Å². The monoisotopic (exact) mass is 340 g/mol. The number of carbonyl (C=O) groups is 1. The quantitative estimate of drug-likeness (QED) is 0.662. The smallest absolute Gasteiger partial charge is 0.242 e. The number of fused-ring (bicyclic) bond motifs is 1. The molecule has 1 aliphatic carbocycles. The fraction of sp³-hybridized carbons (Fsp3) is 0.600. The summed E-state index contributed by atoms with van der Waals surface area (Å²) in [6.07, 6.45) is 6.30. The fourth-order valence-electron chi connectivity index (χ4n) is 4.51. The number of aliphatic imine (C=N–C) groups is 1. The molecule has 1 amide bonds. The summed E-state index contributed by atoms with van der Waals surface area (Å²) in [5.74, 6) is 1.04. The van der Waals surface area contributed by atoms with Gasteiger partial charge in [-0.3, -0.25) is 9.79 Å². The van der Waals surface area contributed by atoms with Gasteiger partial charge >= 0.3 is 0 Å². The Morgan fingerprint density at radius 3 is 2.64 bits per heavy atom. The van der Waals surface area contributed by atoms with E-state index in [9.17, 15) is 4.79 Å². The van der Waals surface area contributed by atoms with Crippen LogP contribution in [0.3, 0.4) is 0 Å². The molecule has 0 aromatic heterocycles. The predicted molar refractivity (Wildman–Crippen MR) is 99.4 cm³/mol. The lowest BCUT2D eigenvalue weighted by atomic mass is 9.68. The molecule has 1 spiro atoms. The highest BCUT2D eigenvalue weighted by atomic mass is 16.2. The maximum atomic E-state index is 12.6. The Morgan fingerprint density at radius 2 is 1.96 bits per heavy atom. The fourth-order valence-corrected chi connectivity index (χ4v) is 4.51. The topological polar surface area (TPSA) is 47.9 Å². The van der Waals surface area contributed by atoms with Crippen molar-refractivity contribution in [1.29, 1.82) is 0 Å². The van der Waals surface area contributed by atoms with Crippen LogP contribution < -0.4 is 5.32 Å². The zero-order chi connectivity index (χ0) is 17.3. The molecule has 1 aromatic carbocycles. The van der Waals surface area contributed by atoms with Gasteiger partial charge in [-0.15, -0.1) is 0 Å². The highest BCUT2D eigenvalue weighted by Crippen LogP contribution is 2.47. The molecule has 0 atom stereocenters. The second-order valence-corrected chi connectivity index (χ2v) is 7.76. The number of nitrogens with one attached hydrogen (secondary N) is 1. The summed E-state index contributed by atoms with van der Waals surface area (Å²) in [5.41, 5.74) is 3.19. The van der Waals surface area contributed by atoms with Crippen molar-refractivity contribution in [1.82, 2.24) is 15.1 Å². The van der Waals surface area contributed by atoms with E-state index in [2.05, 4.69) is 39.5 Å². The van der Waals surface area contributed by atoms with Crippen molar-refractivity contribution in [3.05, 3.63) is 35.4 Å². The van der Waals surface area contributed by atoms with Gasteiger partial charge in [-0.05, 0) is 42.2 Å². The molecule has 1 saturated carbocycles. The third-order valence-corrected chi connectivity index (χ3v) is 6.24. The van der Waals surface area contributed by atoms with E-state index < -0.39 is 0 Å². The Morgan fingerprint density at radius 1 is 1.16 bits per heavy atom. The van der Waals surface area contributed by atoms with Crippen molar-refractivity contribution in [3.8, 4) is 0 Å². The molecule has 1 aromatic rings. The minimum Gasteiger partial charge on any atom is -0.347 e. The first-order valence-corrected chi connectivity index (χ1v) is 9.49. The van der Waals surface area contributed by atoms with E-state index in [1.165, 1.54) is 36.8 Å². The zero-order valence-corrected chi connectivity index (χ0v) is 15.1. The Balaban J connectivity index is 1.31. The highest BCUT2D eigenvalue weighted by Gasteiger charge is 2.43. The van der Waals surface area contributed by atoms with Crippen LogP contribution in [0.5, 0.6) is 0 Å². The molecular weight excluding hydrogens is 312 g/mol. The minimum atomic E-state index is 0.160. The van der Waals surface area contributed by atoms with Crippen LogP contribution in [0.4, 0.5) is 0 Å². The number of amides is 1. The molecule has 2 heterocycles. The van der Waals surface area contributed by atoms with E-state index in [0.717, 1.165) is 38.6 Å². The van der Waals surface area contributed by atoms with Gasteiger partial charge in [-0.25, -0.2) is 0 Å². The minimum absolute atomic E-state index is 0.160. The van der Waals surface area contributed by atoms with Crippen LogP contribution in [0.2, 0.25) is 0 Å². The lowest BCUT2D eigenvalue weighted by Crippen LogP contribution is -2.47. The van der Waals surface area contributed by atoms with Gasteiger partial charge in [0.05, 0.1) is 6.54 Å². The Hall–Kier alpha value is -2.04. The summed E-state index contributed by atoms with van der Waals surface area (Å²) in [7, 11) is 1.82. The van der Waals surface area contributed by atoms with Crippen LogP contribution in [-0.2, 0) is 17.8 Å². The first kappa shape index (κ1) is 16.4. The highest BCUT2D eigenvalue weighted by molar-refractivity contribution is 5.86. The van der Waals surface area contributed by atoms with Crippen LogP contribution >= 0.6 is 0 Å². The summed E-state index contributed by atoms with van der Waals surface area (Å²) in [4.78, 5) is 21.3. The van der Waals surface area contributed by atoms with Gasteiger partial charge in [0.15, 0.2) is 5.96 Å². The van der Waals surface area contributed by atoms with E-state index in [1.807, 2.05) is 11.9 Å². The maximum Gasteiger partial charge on any atom is 0.242 e. The molecule has 25 heavy (non-hydrogen) atoms. The number of rotatable bonds is 2. The summed E-state index contributed by atoms with van der Waals surface area (Å²) in [5, 5.41) is 3.30. The molecule has 2 fully saturated rings. The van der Waals surface area contributed by atoms with Gasteiger partial charge in [-0.1, -0.05) is 30.7 Å². The standard InChI is InChI=1S/C20H28N4O/c1-21-19(24-12-10-20(15-24)8-4-9-20)22-13-18(25)23-11-7-16-5-2-3-6-17(16)14-23/h2-3,5-6H,4,7-15H2,1H3,(H,21,22). The van der Waals surface area contributed by atoms with Crippen LogP contribution in [0.1, 0.15) is 36.8 Å². The molecule has 4 rings (SSSR count). The van der Waals surface area contributed by atoms with Crippen LogP contribution in [0, 0.1) is 5.41 Å². The van der Waals surface area contributed by atoms with E-state index in [0.29, 0.717) is 12.0 Å². The molecule has 0 unspecified atom stereocenters. The van der Waals surface area contributed by atoms with Crippen molar-refractivity contribution in [2.45, 2.75) is 38.6 Å². The zero-order valence-electron chi connectivity index (χ0n) is 15.1. The Bertz CT molecular complexity index is 680. The van der Waals surface area contributed by atoms with E-state index in [-0.39, 0.29) is 5.91 Å². The van der Waals surface area contributed by atoms with Crippen molar-refractivity contribution in [2.75, 3.05) is 33.2 Å². The number of nitrogens with zero attached hydrogens (tertiary/aromatic N) is 3. The van der Waals surface area contributed by atoms with Gasteiger partial charge in [-0.2, -0.15) is 0 Å². The molecule has 3 aliphatic rings. The predicted octanol–water partition coefficient (Wildman–Crippen LogP) is 2.02. The number of guanidine groups is 1. The van der Waals surface area contributed by atoms with Gasteiger partial charge in [0.2, 0.25) is 5.91 Å². The average molecular weight is 340 g/mol. The van der Waals surface area contributed by atoms with Crippen molar-refractivity contribution < 1.29 is 4.79 Å². The lowest BCUT2D eigenvalue weighted by molar-refractivity contribution is -0.130. The maximum absolute atomic E-state index is 12.6. The molecule has 2 aliphatic heterocycles. The molecule has 5 heteroatoms. The Kier molecular flexibility index (Phi) is 4.40. The summed E-state index contributed by atoms with van der Waals surface area (Å²) >= 11 is 0. The Labute approximate surface area is 150 Å². The summed E-state index contributed by atoms with van der Waals surface area (Å²) < 4.78 is 0. The number of hydrogen-bond donors (Lipinski definition) is 1. The molecule has 1 N–H and O–H groups in total. The van der Waals surface area contributed by atoms with Crippen LogP contribution in [0.25, 0.3) is 0 Å². The van der Waals surface area contributed by atoms with E-state index >= 15 is 0 Å². The second-order valence-electron chi connectivity index (χ2n) is 7.76. The average Bonchev–Trinajstić information content (AvgIpc) is 3.08. The summed E-state index contributed by atoms with van der Waals surface area (Å²) in [6, 6.07) is 8.42. The van der Waals surface area contributed by atoms with Gasteiger partial charge < -0.3 is 15.1 Å². The first-order chi connectivity index (χ1) is 12.2. The number of hydrogen-bond acceptors (Lipinski definition) is 2. The number of benzene rings is 1. The van der Waals surface area contributed by atoms with Gasteiger partial charge in [0.1, 0.15) is 0 Å². The third kappa shape index (κ3) is 3.24.